The van der Waals surface area contributed by atoms with Crippen molar-refractivity contribution in [2.75, 3.05) is 6.61 Å². The molecule has 0 aliphatic rings. The van der Waals surface area contributed by atoms with Crippen molar-refractivity contribution in [3.8, 4) is 0 Å². The Morgan fingerprint density at radius 1 is 1.33 bits per heavy atom. The molecule has 0 radical (unpaired) electrons. The average molecular weight is 251 g/mol. The van der Waals surface area contributed by atoms with Gasteiger partial charge in [0, 0.05) is 6.61 Å². The minimum Gasteiger partial charge on any atom is -0.479 e. The van der Waals surface area contributed by atoms with Gasteiger partial charge in [-0.1, -0.05) is 30.3 Å². The molecule has 2 unspecified atom stereocenters. The van der Waals surface area contributed by atoms with Gasteiger partial charge in [0.05, 0.1) is 0 Å². The van der Waals surface area contributed by atoms with Gasteiger partial charge >= 0.3 is 5.97 Å². The lowest BCUT2D eigenvalue weighted by molar-refractivity contribution is -0.144. The lowest BCUT2D eigenvalue weighted by Gasteiger charge is -2.18. The summed E-state index contributed by atoms with van der Waals surface area (Å²) < 4.78 is 5.12. The minimum absolute atomic E-state index is 0.400. The summed E-state index contributed by atoms with van der Waals surface area (Å²) in [6.07, 6.45) is -0.666. The quantitative estimate of drug-likeness (QED) is 0.800. The zero-order valence-electron chi connectivity index (χ0n) is 10.4. The van der Waals surface area contributed by atoms with Gasteiger partial charge in [0.1, 0.15) is 6.10 Å². The Morgan fingerprint density at radius 3 is 2.44 bits per heavy atom. The molecule has 0 saturated carbocycles. The highest BCUT2D eigenvalue weighted by molar-refractivity contribution is 5.86. The molecule has 0 aromatic heterocycles. The predicted molar refractivity (Wildman–Crippen MR) is 66.0 cm³/mol. The van der Waals surface area contributed by atoms with Crippen LogP contribution in [-0.4, -0.2) is 29.7 Å². The molecule has 5 nitrogen and oxygen atoms in total. The number of carbonyl (C=O) groups excluding carboxylic acids is 1. The fourth-order valence-electron chi connectivity index (χ4n) is 1.52. The second-order valence-electron chi connectivity index (χ2n) is 3.79. The largest absolute Gasteiger partial charge is 0.479 e. The van der Waals surface area contributed by atoms with Crippen molar-refractivity contribution in [1.29, 1.82) is 0 Å². The van der Waals surface area contributed by atoms with Gasteiger partial charge < -0.3 is 15.2 Å². The molecule has 0 bridgehead atoms. The summed E-state index contributed by atoms with van der Waals surface area (Å²) in [6.45, 7) is 3.76. The van der Waals surface area contributed by atoms with Gasteiger partial charge in [-0.25, -0.2) is 4.79 Å². The van der Waals surface area contributed by atoms with E-state index in [2.05, 4.69) is 5.32 Å². The van der Waals surface area contributed by atoms with Crippen LogP contribution >= 0.6 is 0 Å². The first-order valence-electron chi connectivity index (χ1n) is 5.76. The van der Waals surface area contributed by atoms with Gasteiger partial charge in [0.15, 0.2) is 6.04 Å². The van der Waals surface area contributed by atoms with Crippen molar-refractivity contribution >= 4 is 11.9 Å². The molecule has 1 rings (SSSR count). The first kappa shape index (κ1) is 14.2. The van der Waals surface area contributed by atoms with Gasteiger partial charge in [-0.2, -0.15) is 0 Å². The second-order valence-corrected chi connectivity index (χ2v) is 3.79. The summed E-state index contributed by atoms with van der Waals surface area (Å²) in [6, 6.07) is 7.50. The fraction of sp³-hybridized carbons (Fsp3) is 0.385. The molecule has 0 heterocycles. The molecule has 2 N–H and O–H groups in total. The van der Waals surface area contributed by atoms with Crippen LogP contribution in [0.1, 0.15) is 25.5 Å². The Morgan fingerprint density at radius 2 is 1.94 bits per heavy atom. The summed E-state index contributed by atoms with van der Waals surface area (Å²) in [7, 11) is 0. The van der Waals surface area contributed by atoms with Crippen LogP contribution in [0.25, 0.3) is 0 Å². The van der Waals surface area contributed by atoms with Gasteiger partial charge in [-0.15, -0.1) is 0 Å². The molecule has 0 fully saturated rings. The Bertz CT molecular complexity index is 405. The highest BCUT2D eigenvalue weighted by atomic mass is 16.5. The van der Waals surface area contributed by atoms with Crippen molar-refractivity contribution in [2.24, 2.45) is 0 Å². The van der Waals surface area contributed by atoms with Crippen LogP contribution in [0.4, 0.5) is 0 Å². The maximum atomic E-state index is 11.7. The molecule has 2 atom stereocenters. The van der Waals surface area contributed by atoms with E-state index in [4.69, 9.17) is 9.84 Å². The number of carbonyl (C=O) groups is 2. The van der Waals surface area contributed by atoms with Crippen LogP contribution in [0.15, 0.2) is 30.3 Å². The van der Waals surface area contributed by atoms with Crippen LogP contribution in [0, 0.1) is 0 Å². The van der Waals surface area contributed by atoms with Gasteiger partial charge in [-0.3, -0.25) is 4.79 Å². The minimum atomic E-state index is -1.10. The third kappa shape index (κ3) is 3.85. The molecule has 5 heteroatoms. The molecule has 1 aromatic rings. The van der Waals surface area contributed by atoms with Crippen LogP contribution in [0.2, 0.25) is 0 Å². The highest BCUT2D eigenvalue weighted by Gasteiger charge is 2.24. The summed E-state index contributed by atoms with van der Waals surface area (Å²) >= 11 is 0. The number of carboxylic acids is 1. The third-order valence-electron chi connectivity index (χ3n) is 2.45. The SMILES string of the molecule is CCOC(C)C(=O)NC(C(=O)O)c1ccccc1. The number of hydrogen-bond acceptors (Lipinski definition) is 3. The van der Waals surface area contributed by atoms with Crippen molar-refractivity contribution in [1.82, 2.24) is 5.32 Å². The summed E-state index contributed by atoms with van der Waals surface area (Å²) in [5.74, 6) is -1.54. The monoisotopic (exact) mass is 251 g/mol. The van der Waals surface area contributed by atoms with E-state index in [0.29, 0.717) is 12.2 Å². The van der Waals surface area contributed by atoms with Crippen LogP contribution in [0.3, 0.4) is 0 Å². The molecule has 0 saturated heterocycles. The maximum absolute atomic E-state index is 11.7. The number of aliphatic carboxylic acids is 1. The van der Waals surface area contributed by atoms with E-state index in [1.165, 1.54) is 0 Å². The molecule has 0 spiro atoms. The van der Waals surface area contributed by atoms with E-state index in [1.54, 1.807) is 44.2 Å². The normalized spacial score (nSPS) is 13.7. The standard InChI is InChI=1S/C13H17NO4/c1-3-18-9(2)12(15)14-11(13(16)17)10-7-5-4-6-8-10/h4-9,11H,3H2,1-2H3,(H,14,15)(H,16,17). The second kappa shape index (κ2) is 6.76. The molecule has 0 aliphatic carbocycles. The lowest BCUT2D eigenvalue weighted by Crippen LogP contribution is -2.40. The van der Waals surface area contributed by atoms with Crippen LogP contribution in [0.5, 0.6) is 0 Å². The molecule has 18 heavy (non-hydrogen) atoms. The topological polar surface area (TPSA) is 75.6 Å². The van der Waals surface area contributed by atoms with Crippen LogP contribution in [-0.2, 0) is 14.3 Å². The van der Waals surface area contributed by atoms with E-state index < -0.39 is 24.0 Å². The Hall–Kier alpha value is -1.88. The van der Waals surface area contributed by atoms with E-state index in [9.17, 15) is 9.59 Å². The molecule has 0 aliphatic heterocycles. The number of ether oxygens (including phenoxy) is 1. The summed E-state index contributed by atoms with van der Waals surface area (Å²) in [5, 5.41) is 11.6. The van der Waals surface area contributed by atoms with Crippen molar-refractivity contribution < 1.29 is 19.4 Å². The summed E-state index contributed by atoms with van der Waals surface area (Å²) in [5.41, 5.74) is 0.530. The molecule has 1 aromatic carbocycles. The number of rotatable bonds is 6. The highest BCUT2D eigenvalue weighted by Crippen LogP contribution is 2.13. The zero-order valence-corrected chi connectivity index (χ0v) is 10.4. The molecular formula is C13H17NO4. The van der Waals surface area contributed by atoms with E-state index in [-0.39, 0.29) is 0 Å². The lowest BCUT2D eigenvalue weighted by atomic mass is 10.1. The van der Waals surface area contributed by atoms with Crippen molar-refractivity contribution in [3.05, 3.63) is 35.9 Å². The van der Waals surface area contributed by atoms with E-state index >= 15 is 0 Å². The Labute approximate surface area is 106 Å². The third-order valence-corrected chi connectivity index (χ3v) is 2.45. The number of amides is 1. The Kier molecular flexibility index (Phi) is 5.32. The fourth-order valence-corrected chi connectivity index (χ4v) is 1.52. The molecule has 1 amide bonds. The number of carboxylic acid groups (broad SMARTS) is 1. The number of nitrogens with one attached hydrogen (secondary N) is 1. The first-order valence-corrected chi connectivity index (χ1v) is 5.76. The smallest absolute Gasteiger partial charge is 0.330 e. The van der Waals surface area contributed by atoms with Gasteiger partial charge in [0.2, 0.25) is 5.91 Å². The molecule has 98 valence electrons. The van der Waals surface area contributed by atoms with E-state index in [1.807, 2.05) is 0 Å². The average Bonchev–Trinajstić information content (AvgIpc) is 2.36. The number of benzene rings is 1. The molecular weight excluding hydrogens is 234 g/mol. The zero-order chi connectivity index (χ0) is 13.5. The van der Waals surface area contributed by atoms with Gasteiger partial charge in [0.25, 0.3) is 0 Å². The van der Waals surface area contributed by atoms with E-state index in [0.717, 1.165) is 0 Å². The van der Waals surface area contributed by atoms with Gasteiger partial charge in [-0.05, 0) is 19.4 Å². The first-order chi connectivity index (χ1) is 8.56. The van der Waals surface area contributed by atoms with Crippen LogP contribution < -0.4 is 5.32 Å². The summed E-state index contributed by atoms with van der Waals surface area (Å²) in [4.78, 5) is 22.9. The Balaban J connectivity index is 2.76. The van der Waals surface area contributed by atoms with Crippen molar-refractivity contribution in [3.63, 3.8) is 0 Å². The maximum Gasteiger partial charge on any atom is 0.330 e. The van der Waals surface area contributed by atoms with Crippen molar-refractivity contribution in [2.45, 2.75) is 26.0 Å². The number of hydrogen-bond donors (Lipinski definition) is 2. The predicted octanol–water partition coefficient (Wildman–Crippen LogP) is 1.35.